The highest BCUT2D eigenvalue weighted by molar-refractivity contribution is 5.93. The molecule has 0 spiro atoms. The van der Waals surface area contributed by atoms with Crippen molar-refractivity contribution in [2.24, 2.45) is 7.05 Å². The Morgan fingerprint density at radius 1 is 1.09 bits per heavy atom. The number of halogens is 6. The highest BCUT2D eigenvalue weighted by Gasteiger charge is 2.36. The number of rotatable bonds is 3. The summed E-state index contributed by atoms with van der Waals surface area (Å²) in [5, 5.41) is 10.5. The van der Waals surface area contributed by atoms with E-state index in [9.17, 15) is 31.1 Å². The van der Waals surface area contributed by atoms with Gasteiger partial charge in [0, 0.05) is 37.0 Å². The topological polar surface area (TPSA) is 77.6 Å². The van der Waals surface area contributed by atoms with E-state index in [0.717, 1.165) is 16.9 Å². The molecule has 4 heterocycles. The zero-order chi connectivity index (χ0) is 24.1. The molecule has 13 heteroatoms. The van der Waals surface area contributed by atoms with Crippen LogP contribution in [0.25, 0.3) is 11.3 Å². The standard InChI is InChI=1S/C20H18F6N6O/c1-10-16(11-5-6-27-14(8-11)19(21,22)23)30-32-7-3-4-12(17(10)32)28-18(33)13-9-15(20(24,25)26)29-31(13)2/h5-6,8-9,12H,3-4,7H2,1-2H3,(H,28,33). The van der Waals surface area contributed by atoms with Gasteiger partial charge in [0.15, 0.2) is 5.69 Å². The molecule has 176 valence electrons. The SMILES string of the molecule is Cc1c(-c2ccnc(C(F)(F)F)c2)nn2c1C(NC(=O)c1cc(C(F)(F)F)nn1C)CCC2. The van der Waals surface area contributed by atoms with Crippen LogP contribution in [-0.4, -0.2) is 30.5 Å². The highest BCUT2D eigenvalue weighted by Crippen LogP contribution is 2.36. The van der Waals surface area contributed by atoms with Crippen LogP contribution in [0.2, 0.25) is 0 Å². The predicted molar refractivity (Wildman–Crippen MR) is 103 cm³/mol. The zero-order valence-electron chi connectivity index (χ0n) is 17.4. The second kappa shape index (κ2) is 7.89. The fraction of sp³-hybridized carbons (Fsp3) is 0.400. The summed E-state index contributed by atoms with van der Waals surface area (Å²) in [6.45, 7) is 2.17. The summed E-state index contributed by atoms with van der Waals surface area (Å²) in [6.07, 6.45) is -7.15. The van der Waals surface area contributed by atoms with E-state index in [1.54, 1.807) is 11.6 Å². The molecule has 0 saturated carbocycles. The van der Waals surface area contributed by atoms with Gasteiger partial charge < -0.3 is 5.32 Å². The Labute approximate surface area is 183 Å². The number of aromatic nitrogens is 5. The number of nitrogens with one attached hydrogen (secondary N) is 1. The molecule has 33 heavy (non-hydrogen) atoms. The first-order chi connectivity index (χ1) is 15.4. The van der Waals surface area contributed by atoms with Gasteiger partial charge in [-0.15, -0.1) is 0 Å². The van der Waals surface area contributed by atoms with Gasteiger partial charge in [0.05, 0.1) is 17.4 Å². The number of carbonyl (C=O) groups is 1. The first kappa shape index (κ1) is 22.8. The summed E-state index contributed by atoms with van der Waals surface area (Å²) in [6, 6.07) is 2.41. The van der Waals surface area contributed by atoms with Crippen LogP contribution in [0.3, 0.4) is 0 Å². The van der Waals surface area contributed by atoms with Crippen LogP contribution in [0.4, 0.5) is 26.3 Å². The van der Waals surface area contributed by atoms with Gasteiger partial charge in [-0.05, 0) is 31.9 Å². The molecule has 7 nitrogen and oxygen atoms in total. The van der Waals surface area contributed by atoms with Crippen LogP contribution in [0.1, 0.15) is 52.0 Å². The number of carbonyl (C=O) groups excluding carboxylic acids is 1. The third kappa shape index (κ3) is 4.31. The molecule has 0 radical (unpaired) electrons. The first-order valence-electron chi connectivity index (χ1n) is 9.89. The molecule has 1 unspecified atom stereocenters. The van der Waals surface area contributed by atoms with Gasteiger partial charge in [0.25, 0.3) is 5.91 Å². The normalized spacial score (nSPS) is 16.5. The third-order valence-electron chi connectivity index (χ3n) is 5.46. The minimum absolute atomic E-state index is 0.225. The van der Waals surface area contributed by atoms with Crippen molar-refractivity contribution in [2.45, 2.75) is 44.7 Å². The highest BCUT2D eigenvalue weighted by atomic mass is 19.4. The van der Waals surface area contributed by atoms with E-state index in [0.29, 0.717) is 42.4 Å². The molecule has 1 aliphatic rings. The van der Waals surface area contributed by atoms with Crippen LogP contribution < -0.4 is 5.32 Å². The lowest BCUT2D eigenvalue weighted by molar-refractivity contribution is -0.142. The summed E-state index contributed by atoms with van der Waals surface area (Å²) >= 11 is 0. The quantitative estimate of drug-likeness (QED) is 0.577. The molecular weight excluding hydrogens is 454 g/mol. The van der Waals surface area contributed by atoms with E-state index in [1.165, 1.54) is 13.1 Å². The second-order valence-electron chi connectivity index (χ2n) is 7.71. The minimum Gasteiger partial charge on any atom is -0.342 e. The molecule has 0 aliphatic carbocycles. The fourth-order valence-corrected chi connectivity index (χ4v) is 3.96. The van der Waals surface area contributed by atoms with Gasteiger partial charge in [0.1, 0.15) is 11.4 Å². The molecule has 3 aromatic rings. The van der Waals surface area contributed by atoms with Crippen LogP contribution in [-0.2, 0) is 25.9 Å². The number of alkyl halides is 6. The Morgan fingerprint density at radius 2 is 1.79 bits per heavy atom. The monoisotopic (exact) mass is 472 g/mol. The fourth-order valence-electron chi connectivity index (χ4n) is 3.96. The van der Waals surface area contributed by atoms with Crippen molar-refractivity contribution >= 4 is 5.91 Å². The minimum atomic E-state index is -4.69. The molecule has 1 aliphatic heterocycles. The lowest BCUT2D eigenvalue weighted by Gasteiger charge is -2.25. The van der Waals surface area contributed by atoms with Crippen molar-refractivity contribution in [3.63, 3.8) is 0 Å². The lowest BCUT2D eigenvalue weighted by atomic mass is 9.98. The number of aryl methyl sites for hydroxylation is 2. The number of fused-ring (bicyclic) bond motifs is 1. The first-order valence-corrected chi connectivity index (χ1v) is 9.89. The maximum absolute atomic E-state index is 13.1. The summed E-state index contributed by atoms with van der Waals surface area (Å²) < 4.78 is 80.5. The van der Waals surface area contributed by atoms with E-state index < -0.39 is 35.7 Å². The summed E-state index contributed by atoms with van der Waals surface area (Å²) in [7, 11) is 1.24. The van der Waals surface area contributed by atoms with Gasteiger partial charge in [-0.2, -0.15) is 36.5 Å². The van der Waals surface area contributed by atoms with E-state index in [2.05, 4.69) is 20.5 Å². The Hall–Kier alpha value is -3.38. The number of nitrogens with zero attached hydrogens (tertiary/aromatic N) is 5. The molecule has 4 rings (SSSR count). The van der Waals surface area contributed by atoms with Crippen LogP contribution in [0.5, 0.6) is 0 Å². The average Bonchev–Trinajstić information content (AvgIpc) is 3.28. The summed E-state index contributed by atoms with van der Waals surface area (Å²) in [5.41, 5.74) is -0.788. The number of hydrogen-bond acceptors (Lipinski definition) is 4. The second-order valence-corrected chi connectivity index (χ2v) is 7.71. The maximum Gasteiger partial charge on any atom is 0.435 e. The largest absolute Gasteiger partial charge is 0.435 e. The Kier molecular flexibility index (Phi) is 5.45. The van der Waals surface area contributed by atoms with Crippen molar-refractivity contribution < 1.29 is 31.1 Å². The molecule has 0 fully saturated rings. The van der Waals surface area contributed by atoms with Crippen LogP contribution in [0.15, 0.2) is 24.4 Å². The van der Waals surface area contributed by atoms with Crippen LogP contribution >= 0.6 is 0 Å². The van der Waals surface area contributed by atoms with E-state index in [-0.39, 0.29) is 11.3 Å². The molecule has 1 atom stereocenters. The number of pyridine rings is 1. The Balaban J connectivity index is 1.65. The smallest absolute Gasteiger partial charge is 0.342 e. The van der Waals surface area contributed by atoms with Crippen LogP contribution in [0, 0.1) is 6.92 Å². The molecular formula is C20H18F6N6O. The van der Waals surface area contributed by atoms with Gasteiger partial charge in [-0.25, -0.2) is 0 Å². The van der Waals surface area contributed by atoms with Crippen molar-refractivity contribution in [3.05, 3.63) is 52.7 Å². The molecule has 0 saturated heterocycles. The number of amides is 1. The Bertz CT molecular complexity index is 1210. The molecule has 0 bridgehead atoms. The maximum atomic E-state index is 13.1. The van der Waals surface area contributed by atoms with Crippen molar-refractivity contribution in [2.75, 3.05) is 0 Å². The van der Waals surface area contributed by atoms with Crippen molar-refractivity contribution in [1.29, 1.82) is 0 Å². The van der Waals surface area contributed by atoms with Gasteiger partial charge in [-0.3, -0.25) is 19.1 Å². The van der Waals surface area contributed by atoms with Gasteiger partial charge in [-0.1, -0.05) is 0 Å². The lowest BCUT2D eigenvalue weighted by Crippen LogP contribution is -2.34. The third-order valence-corrected chi connectivity index (χ3v) is 5.46. The predicted octanol–water partition coefficient (Wildman–Crippen LogP) is 4.29. The zero-order valence-corrected chi connectivity index (χ0v) is 17.4. The van der Waals surface area contributed by atoms with Gasteiger partial charge >= 0.3 is 12.4 Å². The van der Waals surface area contributed by atoms with Crippen molar-refractivity contribution in [1.82, 2.24) is 29.9 Å². The van der Waals surface area contributed by atoms with E-state index in [1.807, 2.05) is 0 Å². The summed E-state index contributed by atoms with van der Waals surface area (Å²) in [4.78, 5) is 16.1. The molecule has 0 aromatic carbocycles. The average molecular weight is 472 g/mol. The molecule has 1 N–H and O–H groups in total. The van der Waals surface area contributed by atoms with Gasteiger partial charge in [0.2, 0.25) is 0 Å². The van der Waals surface area contributed by atoms with E-state index >= 15 is 0 Å². The summed E-state index contributed by atoms with van der Waals surface area (Å²) in [5.74, 6) is -0.746. The molecule has 1 amide bonds. The number of hydrogen-bond donors (Lipinski definition) is 1. The van der Waals surface area contributed by atoms with Crippen molar-refractivity contribution in [3.8, 4) is 11.3 Å². The van der Waals surface area contributed by atoms with E-state index in [4.69, 9.17) is 0 Å². The molecule has 3 aromatic heterocycles. The Morgan fingerprint density at radius 3 is 2.42 bits per heavy atom.